The summed E-state index contributed by atoms with van der Waals surface area (Å²) >= 11 is 2.13. The lowest BCUT2D eigenvalue weighted by Crippen LogP contribution is -2.40. The molecule has 0 bridgehead atoms. The number of rotatable bonds is 5. The van der Waals surface area contributed by atoms with Gasteiger partial charge >= 0.3 is 5.97 Å². The molecule has 1 aromatic carbocycles. The van der Waals surface area contributed by atoms with Crippen molar-refractivity contribution in [2.24, 2.45) is 0 Å². The minimum absolute atomic E-state index is 0.197. The van der Waals surface area contributed by atoms with Gasteiger partial charge in [0.15, 0.2) is 6.61 Å². The number of ether oxygens (including phenoxy) is 1. The average molecular weight is 349 g/mol. The molecule has 0 aromatic heterocycles. The van der Waals surface area contributed by atoms with Gasteiger partial charge in [-0.1, -0.05) is 6.07 Å². The van der Waals surface area contributed by atoms with Crippen LogP contribution in [0, 0.1) is 3.57 Å². The molecular weight excluding hydrogens is 337 g/mol. The maximum absolute atomic E-state index is 11.3. The number of hydrogen-bond donors (Lipinski definition) is 2. The molecule has 0 spiro atoms. The number of carboxylic acids is 1. The molecule has 5 nitrogen and oxygen atoms in total. The third kappa shape index (κ3) is 5.03. The molecule has 0 saturated heterocycles. The van der Waals surface area contributed by atoms with Crippen LogP contribution in [0.25, 0.3) is 0 Å². The van der Waals surface area contributed by atoms with Gasteiger partial charge in [-0.25, -0.2) is 0 Å². The standard InChI is InChI=1S/C11H12INO4/c1-7(11(15)16)13-10(14)6-17-9-4-2-3-8(12)5-9/h2-5,7H,6H2,1H3,(H,13,14)(H,15,16). The van der Waals surface area contributed by atoms with E-state index in [1.165, 1.54) is 6.92 Å². The molecule has 0 aliphatic carbocycles. The molecule has 1 rings (SSSR count). The Morgan fingerprint density at radius 1 is 1.53 bits per heavy atom. The lowest BCUT2D eigenvalue weighted by atomic mass is 10.3. The van der Waals surface area contributed by atoms with Crippen molar-refractivity contribution < 1.29 is 19.4 Å². The van der Waals surface area contributed by atoms with E-state index in [1.807, 2.05) is 12.1 Å². The molecular formula is C11H12INO4. The number of aliphatic carboxylic acids is 1. The molecule has 92 valence electrons. The van der Waals surface area contributed by atoms with Crippen molar-refractivity contribution in [1.29, 1.82) is 0 Å². The minimum Gasteiger partial charge on any atom is -0.484 e. The Morgan fingerprint density at radius 2 is 2.24 bits per heavy atom. The first-order valence-electron chi connectivity index (χ1n) is 4.89. The van der Waals surface area contributed by atoms with Gasteiger partial charge in [0, 0.05) is 3.57 Å². The predicted molar refractivity (Wildman–Crippen MR) is 69.9 cm³/mol. The van der Waals surface area contributed by atoms with E-state index in [1.54, 1.807) is 12.1 Å². The molecule has 0 radical (unpaired) electrons. The van der Waals surface area contributed by atoms with E-state index in [0.29, 0.717) is 5.75 Å². The number of halogens is 1. The summed E-state index contributed by atoms with van der Waals surface area (Å²) in [5.74, 6) is -0.957. The third-order valence-electron chi connectivity index (χ3n) is 1.91. The van der Waals surface area contributed by atoms with E-state index in [-0.39, 0.29) is 6.61 Å². The van der Waals surface area contributed by atoms with Gasteiger partial charge in [0.2, 0.25) is 0 Å². The summed E-state index contributed by atoms with van der Waals surface area (Å²) in [6.07, 6.45) is 0. The molecule has 0 aliphatic heterocycles. The first-order valence-corrected chi connectivity index (χ1v) is 5.97. The topological polar surface area (TPSA) is 75.6 Å². The second-order valence-electron chi connectivity index (χ2n) is 3.37. The zero-order valence-electron chi connectivity index (χ0n) is 9.14. The number of carboxylic acid groups (broad SMARTS) is 1. The second-order valence-corrected chi connectivity index (χ2v) is 4.62. The Balaban J connectivity index is 2.41. The predicted octanol–water partition coefficient (Wildman–Crippen LogP) is 1.26. The third-order valence-corrected chi connectivity index (χ3v) is 2.58. The van der Waals surface area contributed by atoms with E-state index >= 15 is 0 Å². The fraction of sp³-hybridized carbons (Fsp3) is 0.273. The van der Waals surface area contributed by atoms with E-state index in [9.17, 15) is 9.59 Å². The van der Waals surface area contributed by atoms with Crippen molar-refractivity contribution in [3.8, 4) is 5.75 Å². The molecule has 0 saturated carbocycles. The van der Waals surface area contributed by atoms with Crippen LogP contribution in [-0.2, 0) is 9.59 Å². The summed E-state index contributed by atoms with van der Waals surface area (Å²) in [6, 6.07) is 6.32. The zero-order chi connectivity index (χ0) is 12.8. The number of nitrogens with one attached hydrogen (secondary N) is 1. The van der Waals surface area contributed by atoms with Crippen LogP contribution in [0.5, 0.6) is 5.75 Å². The van der Waals surface area contributed by atoms with Gasteiger partial charge in [-0.05, 0) is 47.7 Å². The van der Waals surface area contributed by atoms with Crippen molar-refractivity contribution in [2.75, 3.05) is 6.61 Å². The largest absolute Gasteiger partial charge is 0.484 e. The van der Waals surface area contributed by atoms with Crippen molar-refractivity contribution in [1.82, 2.24) is 5.32 Å². The summed E-state index contributed by atoms with van der Waals surface area (Å²) in [7, 11) is 0. The van der Waals surface area contributed by atoms with Crippen LogP contribution in [0.3, 0.4) is 0 Å². The molecule has 6 heteroatoms. The first-order chi connectivity index (χ1) is 7.99. The van der Waals surface area contributed by atoms with E-state index < -0.39 is 17.9 Å². The van der Waals surface area contributed by atoms with Crippen molar-refractivity contribution in [3.63, 3.8) is 0 Å². The summed E-state index contributed by atoms with van der Waals surface area (Å²) < 4.78 is 6.22. The number of hydrogen-bond acceptors (Lipinski definition) is 3. The van der Waals surface area contributed by atoms with Gasteiger partial charge in [0.05, 0.1) is 0 Å². The molecule has 17 heavy (non-hydrogen) atoms. The Labute approximate surface area is 112 Å². The van der Waals surface area contributed by atoms with Crippen LogP contribution in [0.2, 0.25) is 0 Å². The van der Waals surface area contributed by atoms with Crippen molar-refractivity contribution >= 4 is 34.5 Å². The average Bonchev–Trinajstić information content (AvgIpc) is 2.26. The first kappa shape index (κ1) is 13.8. The molecule has 1 aromatic rings. The molecule has 0 aliphatic rings. The van der Waals surface area contributed by atoms with Crippen LogP contribution in [0.1, 0.15) is 6.92 Å². The highest BCUT2D eigenvalue weighted by Gasteiger charge is 2.13. The summed E-state index contributed by atoms with van der Waals surface area (Å²) in [6.45, 7) is 1.20. The number of amides is 1. The van der Waals surface area contributed by atoms with Gasteiger partial charge in [-0.2, -0.15) is 0 Å². The van der Waals surface area contributed by atoms with Gasteiger partial charge in [0.1, 0.15) is 11.8 Å². The van der Waals surface area contributed by atoms with Gasteiger partial charge in [-0.3, -0.25) is 9.59 Å². The fourth-order valence-electron chi connectivity index (χ4n) is 1.05. The number of carbonyl (C=O) groups excluding carboxylic acids is 1. The fourth-order valence-corrected chi connectivity index (χ4v) is 1.57. The number of benzene rings is 1. The summed E-state index contributed by atoms with van der Waals surface area (Å²) in [5, 5.41) is 10.9. The van der Waals surface area contributed by atoms with Gasteiger partial charge in [0.25, 0.3) is 5.91 Å². The highest BCUT2D eigenvalue weighted by atomic mass is 127. The van der Waals surface area contributed by atoms with Crippen LogP contribution in [0.4, 0.5) is 0 Å². The monoisotopic (exact) mass is 349 g/mol. The van der Waals surface area contributed by atoms with Crippen molar-refractivity contribution in [3.05, 3.63) is 27.8 Å². The Morgan fingerprint density at radius 3 is 2.82 bits per heavy atom. The van der Waals surface area contributed by atoms with Gasteiger partial charge < -0.3 is 15.2 Å². The highest BCUT2D eigenvalue weighted by Crippen LogP contribution is 2.14. The highest BCUT2D eigenvalue weighted by molar-refractivity contribution is 14.1. The molecule has 0 fully saturated rings. The molecule has 1 amide bonds. The maximum atomic E-state index is 11.3. The van der Waals surface area contributed by atoms with E-state index in [0.717, 1.165) is 3.57 Å². The summed E-state index contributed by atoms with van der Waals surface area (Å²) in [4.78, 5) is 21.8. The van der Waals surface area contributed by atoms with E-state index in [4.69, 9.17) is 9.84 Å². The molecule has 0 heterocycles. The van der Waals surface area contributed by atoms with E-state index in [2.05, 4.69) is 27.9 Å². The smallest absolute Gasteiger partial charge is 0.325 e. The van der Waals surface area contributed by atoms with Crippen LogP contribution in [0.15, 0.2) is 24.3 Å². The molecule has 2 N–H and O–H groups in total. The molecule has 1 atom stereocenters. The Hall–Kier alpha value is -1.31. The van der Waals surface area contributed by atoms with Crippen LogP contribution in [-0.4, -0.2) is 29.6 Å². The Bertz CT molecular complexity index is 422. The maximum Gasteiger partial charge on any atom is 0.325 e. The lowest BCUT2D eigenvalue weighted by molar-refractivity contribution is -0.141. The number of carbonyl (C=O) groups is 2. The summed E-state index contributed by atoms with van der Waals surface area (Å²) in [5.41, 5.74) is 0. The van der Waals surface area contributed by atoms with Crippen LogP contribution < -0.4 is 10.1 Å². The minimum atomic E-state index is -1.08. The Kier molecular flexibility index (Phi) is 5.20. The SMILES string of the molecule is CC(NC(=O)COc1cccc(I)c1)C(=O)O. The quantitative estimate of drug-likeness (QED) is 0.785. The van der Waals surface area contributed by atoms with Crippen LogP contribution >= 0.6 is 22.6 Å². The lowest BCUT2D eigenvalue weighted by Gasteiger charge is -2.10. The normalized spacial score (nSPS) is 11.6. The zero-order valence-corrected chi connectivity index (χ0v) is 11.3. The molecule has 1 unspecified atom stereocenters. The van der Waals surface area contributed by atoms with Gasteiger partial charge in [-0.15, -0.1) is 0 Å². The van der Waals surface area contributed by atoms with Crippen molar-refractivity contribution in [2.45, 2.75) is 13.0 Å². The second kappa shape index (κ2) is 6.43.